The summed E-state index contributed by atoms with van der Waals surface area (Å²) in [7, 11) is -5.23. The second-order valence-corrected chi connectivity index (χ2v) is 9.45. The fourth-order valence-electron chi connectivity index (χ4n) is 3.62. The van der Waals surface area contributed by atoms with E-state index in [9.17, 15) is 21.6 Å². The van der Waals surface area contributed by atoms with Crippen LogP contribution in [-0.4, -0.2) is 56.4 Å². The SMILES string of the molecule is CCNC(=NCC1CCN(S(=O)(=O)C(F)(F)F)CC1)NC1CC1c1ccccc1.I. The van der Waals surface area contributed by atoms with Crippen molar-refractivity contribution in [2.75, 3.05) is 26.2 Å². The molecule has 30 heavy (non-hydrogen) atoms. The second-order valence-electron chi connectivity index (χ2n) is 7.52. The molecule has 1 saturated carbocycles. The minimum absolute atomic E-state index is 0. The summed E-state index contributed by atoms with van der Waals surface area (Å²) in [5, 5.41) is 6.62. The lowest BCUT2D eigenvalue weighted by Crippen LogP contribution is -2.45. The van der Waals surface area contributed by atoms with Gasteiger partial charge < -0.3 is 10.6 Å². The first kappa shape index (κ1) is 25.2. The molecule has 0 spiro atoms. The number of aliphatic imine (C=N–C) groups is 1. The molecule has 2 fully saturated rings. The molecule has 0 bridgehead atoms. The van der Waals surface area contributed by atoms with Crippen molar-refractivity contribution in [1.82, 2.24) is 14.9 Å². The number of sulfonamides is 1. The van der Waals surface area contributed by atoms with Crippen LogP contribution in [0.15, 0.2) is 35.3 Å². The van der Waals surface area contributed by atoms with Crippen molar-refractivity contribution in [2.45, 2.75) is 43.7 Å². The first-order chi connectivity index (χ1) is 13.7. The molecular weight excluding hydrogens is 532 g/mol. The molecule has 3 rings (SSSR count). The number of halogens is 4. The molecule has 1 saturated heterocycles. The van der Waals surface area contributed by atoms with Crippen molar-refractivity contribution < 1.29 is 21.6 Å². The van der Waals surface area contributed by atoms with E-state index in [0.717, 1.165) is 6.42 Å². The van der Waals surface area contributed by atoms with Crippen molar-refractivity contribution >= 4 is 40.0 Å². The molecule has 11 heteroatoms. The summed E-state index contributed by atoms with van der Waals surface area (Å²) in [6, 6.07) is 10.6. The monoisotopic (exact) mass is 560 g/mol. The Kier molecular flexibility index (Phi) is 8.80. The fourth-order valence-corrected chi connectivity index (χ4v) is 4.60. The quantitative estimate of drug-likeness (QED) is 0.319. The van der Waals surface area contributed by atoms with Gasteiger partial charge in [0.15, 0.2) is 5.96 Å². The van der Waals surface area contributed by atoms with Gasteiger partial charge in [-0.3, -0.25) is 4.99 Å². The van der Waals surface area contributed by atoms with Crippen LogP contribution in [0.3, 0.4) is 0 Å². The van der Waals surface area contributed by atoms with Gasteiger partial charge in [-0.25, -0.2) is 8.42 Å². The zero-order valence-corrected chi connectivity index (χ0v) is 19.9. The van der Waals surface area contributed by atoms with Crippen LogP contribution in [0.1, 0.15) is 37.7 Å². The average molecular weight is 560 g/mol. The molecule has 1 aliphatic heterocycles. The number of guanidine groups is 1. The molecule has 1 aromatic carbocycles. The summed E-state index contributed by atoms with van der Waals surface area (Å²) < 4.78 is 61.5. The zero-order valence-electron chi connectivity index (χ0n) is 16.7. The van der Waals surface area contributed by atoms with E-state index in [0.29, 0.717) is 48.2 Å². The van der Waals surface area contributed by atoms with E-state index in [1.165, 1.54) is 5.56 Å². The Morgan fingerprint density at radius 3 is 2.40 bits per heavy atom. The number of hydrogen-bond donors (Lipinski definition) is 2. The maximum absolute atomic E-state index is 12.7. The predicted octanol–water partition coefficient (Wildman–Crippen LogP) is 3.28. The van der Waals surface area contributed by atoms with Crippen LogP contribution < -0.4 is 10.6 Å². The fraction of sp³-hybridized carbons (Fsp3) is 0.632. The molecule has 6 nitrogen and oxygen atoms in total. The first-order valence-corrected chi connectivity index (χ1v) is 11.3. The van der Waals surface area contributed by atoms with E-state index < -0.39 is 15.5 Å². The number of nitrogens with zero attached hydrogens (tertiary/aromatic N) is 2. The van der Waals surface area contributed by atoms with Gasteiger partial charge in [0.2, 0.25) is 0 Å². The number of nitrogens with one attached hydrogen (secondary N) is 2. The normalized spacial score (nSPS) is 23.5. The van der Waals surface area contributed by atoms with E-state index in [1.807, 2.05) is 25.1 Å². The van der Waals surface area contributed by atoms with Crippen molar-refractivity contribution in [3.63, 3.8) is 0 Å². The number of hydrogen-bond acceptors (Lipinski definition) is 3. The van der Waals surface area contributed by atoms with Gasteiger partial charge in [-0.1, -0.05) is 30.3 Å². The van der Waals surface area contributed by atoms with Crippen molar-refractivity contribution in [2.24, 2.45) is 10.9 Å². The van der Waals surface area contributed by atoms with Crippen LogP contribution in [0.2, 0.25) is 0 Å². The van der Waals surface area contributed by atoms with Gasteiger partial charge in [0.05, 0.1) is 0 Å². The third-order valence-electron chi connectivity index (χ3n) is 5.40. The van der Waals surface area contributed by atoms with E-state index in [1.54, 1.807) is 0 Å². The predicted molar refractivity (Wildman–Crippen MR) is 121 cm³/mol. The maximum atomic E-state index is 12.7. The highest BCUT2D eigenvalue weighted by atomic mass is 127. The van der Waals surface area contributed by atoms with Gasteiger partial charge in [0.1, 0.15) is 0 Å². The van der Waals surface area contributed by atoms with E-state index in [2.05, 4.69) is 27.8 Å². The Bertz CT molecular complexity index is 813. The highest BCUT2D eigenvalue weighted by molar-refractivity contribution is 14.0. The standard InChI is InChI=1S/C19H27F3N4O2S.HI/c1-2-23-18(25-17-12-16(17)15-6-4-3-5-7-15)24-13-14-8-10-26(11-9-14)29(27,28)19(20,21)22;/h3-7,14,16-17H,2,8-13H2,1H3,(H2,23,24,25);1H. The van der Waals surface area contributed by atoms with Gasteiger partial charge in [0.25, 0.3) is 0 Å². The lowest BCUT2D eigenvalue weighted by molar-refractivity contribution is -0.0496. The molecule has 1 aromatic rings. The summed E-state index contributed by atoms with van der Waals surface area (Å²) in [6.45, 7) is 2.89. The maximum Gasteiger partial charge on any atom is 0.511 e. The van der Waals surface area contributed by atoms with Crippen molar-refractivity contribution in [1.29, 1.82) is 0 Å². The number of alkyl halides is 3. The molecular formula is C19H28F3IN4O2S. The van der Waals surface area contributed by atoms with E-state index in [4.69, 9.17) is 0 Å². The number of piperidine rings is 1. The lowest BCUT2D eigenvalue weighted by atomic mass is 9.98. The zero-order chi connectivity index (χ0) is 21.1. The topological polar surface area (TPSA) is 73.8 Å². The van der Waals surface area contributed by atoms with Gasteiger partial charge in [-0.05, 0) is 37.7 Å². The molecule has 2 aliphatic rings. The largest absolute Gasteiger partial charge is 0.511 e. The molecule has 0 aromatic heterocycles. The molecule has 0 amide bonds. The molecule has 2 atom stereocenters. The summed E-state index contributed by atoms with van der Waals surface area (Å²) in [5.74, 6) is 1.21. The Balaban J connectivity index is 0.00000320. The highest BCUT2D eigenvalue weighted by Crippen LogP contribution is 2.40. The van der Waals surface area contributed by atoms with Crippen LogP contribution in [0.25, 0.3) is 0 Å². The highest BCUT2D eigenvalue weighted by Gasteiger charge is 2.50. The Hall–Kier alpha value is -1.08. The van der Waals surface area contributed by atoms with Gasteiger partial charge in [-0.2, -0.15) is 17.5 Å². The third kappa shape index (κ3) is 6.22. The Labute approximate surface area is 192 Å². The van der Waals surface area contributed by atoms with Crippen molar-refractivity contribution in [3.8, 4) is 0 Å². The molecule has 1 heterocycles. The molecule has 2 unspecified atom stereocenters. The average Bonchev–Trinajstić information content (AvgIpc) is 3.45. The third-order valence-corrected chi connectivity index (χ3v) is 7.03. The van der Waals surface area contributed by atoms with Gasteiger partial charge in [-0.15, -0.1) is 24.0 Å². The van der Waals surface area contributed by atoms with E-state index >= 15 is 0 Å². The number of rotatable bonds is 6. The van der Waals surface area contributed by atoms with Crippen LogP contribution in [0.5, 0.6) is 0 Å². The number of benzene rings is 1. The van der Waals surface area contributed by atoms with Crippen LogP contribution >= 0.6 is 24.0 Å². The van der Waals surface area contributed by atoms with Gasteiger partial charge >= 0.3 is 15.5 Å². The van der Waals surface area contributed by atoms with Crippen LogP contribution in [0.4, 0.5) is 13.2 Å². The lowest BCUT2D eigenvalue weighted by Gasteiger charge is -2.30. The summed E-state index contributed by atoms with van der Waals surface area (Å²) >= 11 is 0. The molecule has 170 valence electrons. The second kappa shape index (κ2) is 10.5. The summed E-state index contributed by atoms with van der Waals surface area (Å²) in [5.41, 5.74) is -3.95. The Morgan fingerprint density at radius 2 is 1.83 bits per heavy atom. The molecule has 0 radical (unpaired) electrons. The summed E-state index contributed by atoms with van der Waals surface area (Å²) in [4.78, 5) is 4.59. The first-order valence-electron chi connectivity index (χ1n) is 9.88. The minimum atomic E-state index is -5.24. The van der Waals surface area contributed by atoms with Crippen LogP contribution in [0, 0.1) is 5.92 Å². The summed E-state index contributed by atoms with van der Waals surface area (Å²) in [6.07, 6.45) is 1.77. The van der Waals surface area contributed by atoms with Crippen molar-refractivity contribution in [3.05, 3.63) is 35.9 Å². The van der Waals surface area contributed by atoms with E-state index in [-0.39, 0.29) is 43.0 Å². The van der Waals surface area contributed by atoms with Gasteiger partial charge in [0, 0.05) is 38.1 Å². The Morgan fingerprint density at radius 1 is 1.20 bits per heavy atom. The molecule has 1 aliphatic carbocycles. The minimum Gasteiger partial charge on any atom is -0.357 e. The smallest absolute Gasteiger partial charge is 0.357 e. The van der Waals surface area contributed by atoms with Crippen LogP contribution in [-0.2, 0) is 10.0 Å². The molecule has 2 N–H and O–H groups in total.